The number of thioether (sulfide) groups is 1. The number of dihydropyridines is 1. The Morgan fingerprint density at radius 2 is 1.61 bits per heavy atom. The molecule has 0 aliphatic carbocycles. The van der Waals surface area contributed by atoms with Crippen molar-refractivity contribution >= 4 is 56.9 Å². The molecule has 0 aromatic heterocycles. The number of carbonyl (C=O) groups is 3. The number of halogens is 1. The summed E-state index contributed by atoms with van der Waals surface area (Å²) in [6.45, 7) is 3.77. The van der Waals surface area contributed by atoms with Gasteiger partial charge >= 0.3 is 5.97 Å². The van der Waals surface area contributed by atoms with E-state index in [1.54, 1.807) is 50.2 Å². The van der Waals surface area contributed by atoms with Crippen molar-refractivity contribution in [1.29, 1.82) is 5.26 Å². The highest BCUT2D eigenvalue weighted by Crippen LogP contribution is 2.41. The topological polar surface area (TPSA) is 120 Å². The number of benzene rings is 3. The first-order chi connectivity index (χ1) is 19.8. The van der Waals surface area contributed by atoms with Crippen molar-refractivity contribution in [2.45, 2.75) is 19.8 Å². The van der Waals surface area contributed by atoms with E-state index in [1.807, 2.05) is 42.5 Å². The summed E-state index contributed by atoms with van der Waals surface area (Å²) in [7, 11) is 0. The minimum absolute atomic E-state index is 0.0622. The van der Waals surface area contributed by atoms with Gasteiger partial charge in [-0.05, 0) is 67.9 Å². The Balaban J connectivity index is 1.57. The predicted molar refractivity (Wildman–Crippen MR) is 164 cm³/mol. The van der Waals surface area contributed by atoms with Gasteiger partial charge in [-0.3, -0.25) is 9.59 Å². The molecule has 3 N–H and O–H groups in total. The van der Waals surface area contributed by atoms with Crippen LogP contribution in [0.3, 0.4) is 0 Å². The maximum atomic E-state index is 13.6. The summed E-state index contributed by atoms with van der Waals surface area (Å²) in [5.74, 6) is -1.65. The van der Waals surface area contributed by atoms with Gasteiger partial charge in [-0.2, -0.15) is 5.26 Å². The summed E-state index contributed by atoms with van der Waals surface area (Å²) < 4.78 is 5.92. The summed E-state index contributed by atoms with van der Waals surface area (Å²) in [5.41, 5.74) is 3.58. The summed E-state index contributed by atoms with van der Waals surface area (Å²) in [6, 6.07) is 25.2. The molecule has 0 saturated heterocycles. The number of hydrogen-bond acceptors (Lipinski definition) is 7. The van der Waals surface area contributed by atoms with Crippen LogP contribution in [0.15, 0.2) is 105 Å². The number of nitriles is 1. The lowest BCUT2D eigenvalue weighted by Gasteiger charge is -2.30. The second-order valence-corrected chi connectivity index (χ2v) is 10.9. The SMILES string of the molecule is CCOC(=O)c1ccc(NC(=O)C2=C(C)NC(SCC(=O)Nc3ccc(Br)cc3)=C(C#N)[C@@H]2c2ccccc2)cc1. The number of nitrogens with zero attached hydrogens (tertiary/aromatic N) is 1. The second-order valence-electron chi connectivity index (χ2n) is 8.96. The maximum Gasteiger partial charge on any atom is 0.338 e. The second kappa shape index (κ2) is 13.8. The van der Waals surface area contributed by atoms with Crippen molar-refractivity contribution in [2.24, 2.45) is 0 Å². The Morgan fingerprint density at radius 1 is 0.976 bits per heavy atom. The van der Waals surface area contributed by atoms with Gasteiger partial charge in [0, 0.05) is 27.1 Å². The smallest absolute Gasteiger partial charge is 0.338 e. The Hall–Kier alpha value is -4.33. The van der Waals surface area contributed by atoms with Crippen LogP contribution < -0.4 is 16.0 Å². The van der Waals surface area contributed by atoms with Gasteiger partial charge in [0.1, 0.15) is 0 Å². The third-order valence-corrected chi connectivity index (χ3v) is 7.70. The van der Waals surface area contributed by atoms with Crippen LogP contribution >= 0.6 is 27.7 Å². The Morgan fingerprint density at radius 3 is 2.24 bits per heavy atom. The van der Waals surface area contributed by atoms with E-state index in [0.29, 0.717) is 38.8 Å². The fourth-order valence-corrected chi connectivity index (χ4v) is 5.43. The molecule has 0 saturated carbocycles. The summed E-state index contributed by atoms with van der Waals surface area (Å²) >= 11 is 4.58. The molecule has 8 nitrogen and oxygen atoms in total. The molecular weight excluding hydrogens is 604 g/mol. The highest BCUT2D eigenvalue weighted by molar-refractivity contribution is 9.10. The number of anilines is 2. The van der Waals surface area contributed by atoms with Gasteiger partial charge in [-0.15, -0.1) is 0 Å². The number of amides is 2. The molecule has 0 bridgehead atoms. The zero-order chi connectivity index (χ0) is 29.4. The van der Waals surface area contributed by atoms with Crippen LogP contribution in [-0.4, -0.2) is 30.1 Å². The number of allylic oxidation sites excluding steroid dienone is 2. The van der Waals surface area contributed by atoms with Gasteiger partial charge in [0.15, 0.2) is 0 Å². The standard InChI is InChI=1S/C31H27BrN4O4S/c1-3-40-31(39)21-9-13-24(14-10-21)36-29(38)27-19(2)34-30(25(17-33)28(27)20-7-5-4-6-8-20)41-18-26(37)35-23-15-11-22(32)12-16-23/h4-16,28,34H,3,18H2,1-2H3,(H,35,37)(H,36,38)/t28-/m0/s1. The molecule has 1 atom stereocenters. The minimum Gasteiger partial charge on any atom is -0.462 e. The van der Waals surface area contributed by atoms with E-state index < -0.39 is 17.8 Å². The molecule has 0 fully saturated rings. The minimum atomic E-state index is -0.654. The van der Waals surface area contributed by atoms with Gasteiger partial charge in [0.2, 0.25) is 5.91 Å². The average Bonchev–Trinajstić information content (AvgIpc) is 2.97. The van der Waals surface area contributed by atoms with Crippen molar-refractivity contribution < 1.29 is 19.1 Å². The molecule has 10 heteroatoms. The fraction of sp³-hybridized carbons (Fsp3) is 0.161. The number of ether oxygens (including phenoxy) is 1. The number of esters is 1. The molecule has 208 valence electrons. The van der Waals surface area contributed by atoms with Gasteiger partial charge < -0.3 is 20.7 Å². The van der Waals surface area contributed by atoms with Crippen LogP contribution in [-0.2, 0) is 14.3 Å². The molecule has 1 aliphatic heterocycles. The fourth-order valence-electron chi connectivity index (χ4n) is 4.28. The molecule has 0 unspecified atom stereocenters. The lowest BCUT2D eigenvalue weighted by atomic mass is 9.82. The van der Waals surface area contributed by atoms with Crippen molar-refractivity contribution in [3.05, 3.63) is 116 Å². The first-order valence-corrected chi connectivity index (χ1v) is 14.5. The first-order valence-electron chi connectivity index (χ1n) is 12.7. The number of rotatable bonds is 9. The summed E-state index contributed by atoms with van der Waals surface area (Å²) in [4.78, 5) is 38.3. The number of nitrogens with one attached hydrogen (secondary N) is 3. The molecule has 3 aromatic carbocycles. The summed E-state index contributed by atoms with van der Waals surface area (Å²) in [6.07, 6.45) is 0. The molecule has 0 spiro atoms. The third-order valence-electron chi connectivity index (χ3n) is 6.15. The van der Waals surface area contributed by atoms with Crippen molar-refractivity contribution in [1.82, 2.24) is 5.32 Å². The van der Waals surface area contributed by atoms with E-state index in [-0.39, 0.29) is 18.3 Å². The molecule has 3 aromatic rings. The lowest BCUT2D eigenvalue weighted by Crippen LogP contribution is -2.31. The average molecular weight is 632 g/mol. The van der Waals surface area contributed by atoms with Crippen molar-refractivity contribution in [3.8, 4) is 6.07 Å². The lowest BCUT2D eigenvalue weighted by molar-refractivity contribution is -0.114. The van der Waals surface area contributed by atoms with Crippen LogP contribution in [0.1, 0.15) is 35.7 Å². The molecule has 41 heavy (non-hydrogen) atoms. The number of carbonyl (C=O) groups excluding carboxylic acids is 3. The van der Waals surface area contributed by atoms with Crippen LogP contribution in [0.4, 0.5) is 11.4 Å². The van der Waals surface area contributed by atoms with Gasteiger partial charge in [-0.1, -0.05) is 58.0 Å². The molecule has 0 radical (unpaired) electrons. The molecule has 1 heterocycles. The largest absolute Gasteiger partial charge is 0.462 e. The Kier molecular flexibility index (Phi) is 10.0. The summed E-state index contributed by atoms with van der Waals surface area (Å²) in [5, 5.41) is 19.7. The predicted octanol–water partition coefficient (Wildman–Crippen LogP) is 6.33. The normalized spacial score (nSPS) is 14.5. The third kappa shape index (κ3) is 7.45. The van der Waals surface area contributed by atoms with E-state index >= 15 is 0 Å². The first kappa shape index (κ1) is 29.6. The van der Waals surface area contributed by atoms with E-state index in [1.165, 1.54) is 11.8 Å². The Bertz CT molecular complexity index is 1550. The zero-order valence-electron chi connectivity index (χ0n) is 22.4. The molecule has 1 aliphatic rings. The number of hydrogen-bond donors (Lipinski definition) is 3. The maximum absolute atomic E-state index is 13.6. The van der Waals surface area contributed by atoms with Gasteiger partial charge in [0.25, 0.3) is 5.91 Å². The monoisotopic (exact) mass is 630 g/mol. The van der Waals surface area contributed by atoms with E-state index in [9.17, 15) is 19.6 Å². The van der Waals surface area contributed by atoms with Crippen molar-refractivity contribution in [2.75, 3.05) is 23.0 Å². The van der Waals surface area contributed by atoms with E-state index in [4.69, 9.17) is 4.74 Å². The van der Waals surface area contributed by atoms with Crippen molar-refractivity contribution in [3.63, 3.8) is 0 Å². The van der Waals surface area contributed by atoms with Crippen LogP contribution in [0, 0.1) is 11.3 Å². The Labute approximate surface area is 251 Å². The molecule has 4 rings (SSSR count). The molecular formula is C31H27BrN4O4S. The highest BCUT2D eigenvalue weighted by atomic mass is 79.9. The highest BCUT2D eigenvalue weighted by Gasteiger charge is 2.34. The van der Waals surface area contributed by atoms with Gasteiger partial charge in [-0.25, -0.2) is 4.79 Å². The van der Waals surface area contributed by atoms with Crippen LogP contribution in [0.25, 0.3) is 0 Å². The van der Waals surface area contributed by atoms with Gasteiger partial charge in [0.05, 0.1) is 40.5 Å². The van der Waals surface area contributed by atoms with Crippen LogP contribution in [0.5, 0.6) is 0 Å². The van der Waals surface area contributed by atoms with E-state index in [0.717, 1.165) is 10.0 Å². The molecule has 2 amide bonds. The van der Waals surface area contributed by atoms with E-state index in [2.05, 4.69) is 37.9 Å². The quantitative estimate of drug-likeness (QED) is 0.236. The zero-order valence-corrected chi connectivity index (χ0v) is 24.8. The van der Waals surface area contributed by atoms with Crippen LogP contribution in [0.2, 0.25) is 0 Å².